The van der Waals surface area contributed by atoms with E-state index < -0.39 is 17.3 Å². The van der Waals surface area contributed by atoms with E-state index in [1.165, 1.54) is 18.2 Å². The van der Waals surface area contributed by atoms with Gasteiger partial charge in [-0.15, -0.1) is 0 Å². The van der Waals surface area contributed by atoms with Crippen LogP contribution in [0.2, 0.25) is 5.02 Å². The number of hydrogen-bond donors (Lipinski definition) is 1. The molecule has 0 fully saturated rings. The SMILES string of the molecule is CCOc1ccc2c(C(=O)Nc3ccc(Cl)cc3F)cc(=O)oc2c1. The summed E-state index contributed by atoms with van der Waals surface area (Å²) in [5.74, 6) is -0.797. The number of halogens is 2. The number of carbonyl (C=O) groups is 1. The molecule has 1 aromatic heterocycles. The molecule has 128 valence electrons. The van der Waals surface area contributed by atoms with Crippen LogP contribution in [0.5, 0.6) is 5.75 Å². The van der Waals surface area contributed by atoms with Gasteiger partial charge in [-0.25, -0.2) is 9.18 Å². The molecule has 3 rings (SSSR count). The highest BCUT2D eigenvalue weighted by Gasteiger charge is 2.16. The highest BCUT2D eigenvalue weighted by molar-refractivity contribution is 6.30. The standard InChI is InChI=1S/C18H13ClFNO4/c1-2-24-11-4-5-12-13(9-17(22)25-16(12)8-11)18(23)21-15-6-3-10(19)7-14(15)20/h3-9H,2H2,1H3,(H,21,23). The van der Waals surface area contributed by atoms with Gasteiger partial charge >= 0.3 is 5.63 Å². The highest BCUT2D eigenvalue weighted by atomic mass is 35.5. The minimum atomic E-state index is -0.692. The van der Waals surface area contributed by atoms with Crippen LogP contribution in [0.25, 0.3) is 11.0 Å². The Kier molecular flexibility index (Phi) is 4.72. The maximum Gasteiger partial charge on any atom is 0.337 e. The summed E-state index contributed by atoms with van der Waals surface area (Å²) >= 11 is 5.69. The third-order valence-corrected chi connectivity index (χ3v) is 3.69. The molecule has 0 aliphatic rings. The first-order chi connectivity index (χ1) is 12.0. The van der Waals surface area contributed by atoms with Crippen LogP contribution < -0.4 is 15.7 Å². The van der Waals surface area contributed by atoms with Crippen LogP contribution in [0.4, 0.5) is 10.1 Å². The second-order valence-corrected chi connectivity index (χ2v) is 5.58. The number of ether oxygens (including phenoxy) is 1. The van der Waals surface area contributed by atoms with E-state index >= 15 is 0 Å². The predicted octanol–water partition coefficient (Wildman–Crippen LogP) is 4.24. The van der Waals surface area contributed by atoms with Crippen LogP contribution >= 0.6 is 11.6 Å². The number of amides is 1. The fraction of sp³-hybridized carbons (Fsp3) is 0.111. The topological polar surface area (TPSA) is 68.5 Å². The summed E-state index contributed by atoms with van der Waals surface area (Å²) in [5.41, 5.74) is -0.451. The Bertz CT molecular complexity index is 1020. The minimum Gasteiger partial charge on any atom is -0.494 e. The number of carbonyl (C=O) groups excluding carboxylic acids is 1. The number of nitrogens with one attached hydrogen (secondary N) is 1. The van der Waals surface area contributed by atoms with Gasteiger partial charge in [-0.05, 0) is 37.3 Å². The van der Waals surface area contributed by atoms with Crippen molar-refractivity contribution in [1.29, 1.82) is 0 Å². The molecule has 1 amide bonds. The zero-order valence-corrected chi connectivity index (χ0v) is 13.9. The van der Waals surface area contributed by atoms with Crippen molar-refractivity contribution in [3.63, 3.8) is 0 Å². The second kappa shape index (κ2) is 6.94. The Morgan fingerprint density at radius 3 is 2.76 bits per heavy atom. The number of fused-ring (bicyclic) bond motifs is 1. The lowest BCUT2D eigenvalue weighted by Crippen LogP contribution is -2.16. The Labute approximate surface area is 147 Å². The molecule has 5 nitrogen and oxygen atoms in total. The van der Waals surface area contributed by atoms with Crippen molar-refractivity contribution < 1.29 is 18.3 Å². The maximum absolute atomic E-state index is 13.9. The second-order valence-electron chi connectivity index (χ2n) is 5.15. The smallest absolute Gasteiger partial charge is 0.337 e. The van der Waals surface area contributed by atoms with E-state index in [1.54, 1.807) is 12.1 Å². The normalized spacial score (nSPS) is 10.7. The molecule has 0 spiro atoms. The van der Waals surface area contributed by atoms with Crippen LogP contribution in [0, 0.1) is 5.82 Å². The lowest BCUT2D eigenvalue weighted by Gasteiger charge is -2.09. The van der Waals surface area contributed by atoms with Gasteiger partial charge in [-0.3, -0.25) is 4.79 Å². The van der Waals surface area contributed by atoms with Crippen molar-refractivity contribution in [2.24, 2.45) is 0 Å². The van der Waals surface area contributed by atoms with E-state index in [2.05, 4.69) is 5.32 Å². The summed E-state index contributed by atoms with van der Waals surface area (Å²) in [6.07, 6.45) is 0. The van der Waals surface area contributed by atoms with Crippen LogP contribution in [0.1, 0.15) is 17.3 Å². The number of benzene rings is 2. The molecule has 3 aromatic rings. The molecule has 0 aliphatic carbocycles. The van der Waals surface area contributed by atoms with Crippen molar-refractivity contribution in [2.75, 3.05) is 11.9 Å². The molecule has 25 heavy (non-hydrogen) atoms. The quantitative estimate of drug-likeness (QED) is 0.706. The summed E-state index contributed by atoms with van der Waals surface area (Å²) < 4.78 is 24.3. The molecule has 2 aromatic carbocycles. The zero-order chi connectivity index (χ0) is 18.0. The predicted molar refractivity (Wildman–Crippen MR) is 93.0 cm³/mol. The van der Waals surface area contributed by atoms with Crippen molar-refractivity contribution in [3.05, 3.63) is 69.3 Å². The maximum atomic E-state index is 13.9. The lowest BCUT2D eigenvalue weighted by atomic mass is 10.1. The van der Waals surface area contributed by atoms with Gasteiger partial charge < -0.3 is 14.5 Å². The van der Waals surface area contributed by atoms with Crippen LogP contribution in [0.3, 0.4) is 0 Å². The first-order valence-electron chi connectivity index (χ1n) is 7.45. The fourth-order valence-corrected chi connectivity index (χ4v) is 2.53. The van der Waals surface area contributed by atoms with Gasteiger partial charge in [-0.1, -0.05) is 11.6 Å². The molecule has 0 radical (unpaired) electrons. The van der Waals surface area contributed by atoms with Gasteiger partial charge in [-0.2, -0.15) is 0 Å². The Balaban J connectivity index is 2.02. The van der Waals surface area contributed by atoms with E-state index in [1.807, 2.05) is 6.92 Å². The largest absolute Gasteiger partial charge is 0.494 e. The fourth-order valence-electron chi connectivity index (χ4n) is 2.37. The van der Waals surface area contributed by atoms with Gasteiger partial charge in [0.15, 0.2) is 0 Å². The molecule has 0 saturated heterocycles. The van der Waals surface area contributed by atoms with Crippen LogP contribution in [-0.4, -0.2) is 12.5 Å². The van der Waals surface area contributed by atoms with Gasteiger partial charge in [0.2, 0.25) is 0 Å². The number of rotatable bonds is 4. The molecule has 0 unspecified atom stereocenters. The molecule has 1 heterocycles. The van der Waals surface area contributed by atoms with Crippen molar-refractivity contribution in [2.45, 2.75) is 6.92 Å². The first kappa shape index (κ1) is 17.0. The van der Waals surface area contributed by atoms with E-state index in [4.69, 9.17) is 20.8 Å². The van der Waals surface area contributed by atoms with Gasteiger partial charge in [0.25, 0.3) is 5.91 Å². The van der Waals surface area contributed by atoms with Crippen LogP contribution in [0.15, 0.2) is 51.7 Å². The Morgan fingerprint density at radius 1 is 1.24 bits per heavy atom. The summed E-state index contributed by atoms with van der Waals surface area (Å²) in [7, 11) is 0. The third kappa shape index (κ3) is 3.64. The molecule has 7 heteroatoms. The van der Waals surface area contributed by atoms with E-state index in [-0.39, 0.29) is 21.9 Å². The first-order valence-corrected chi connectivity index (χ1v) is 7.83. The Hall–Kier alpha value is -2.86. The average molecular weight is 362 g/mol. The van der Waals surface area contributed by atoms with Gasteiger partial charge in [0.1, 0.15) is 17.1 Å². The number of anilines is 1. The van der Waals surface area contributed by atoms with E-state index in [9.17, 15) is 14.0 Å². The molecule has 0 bridgehead atoms. The highest BCUT2D eigenvalue weighted by Crippen LogP contribution is 2.24. The van der Waals surface area contributed by atoms with Crippen molar-refractivity contribution >= 4 is 34.2 Å². The van der Waals surface area contributed by atoms with Crippen molar-refractivity contribution in [3.8, 4) is 5.75 Å². The lowest BCUT2D eigenvalue weighted by molar-refractivity contribution is 0.102. The Morgan fingerprint density at radius 2 is 2.04 bits per heavy atom. The summed E-state index contributed by atoms with van der Waals surface area (Å²) in [4.78, 5) is 24.3. The monoisotopic (exact) mass is 361 g/mol. The minimum absolute atomic E-state index is 0.0401. The van der Waals surface area contributed by atoms with E-state index in [0.717, 1.165) is 12.1 Å². The van der Waals surface area contributed by atoms with Crippen LogP contribution in [-0.2, 0) is 0 Å². The average Bonchev–Trinajstić information content (AvgIpc) is 2.56. The molecule has 0 aliphatic heterocycles. The molecule has 1 N–H and O–H groups in total. The summed E-state index contributed by atoms with van der Waals surface area (Å²) in [6.45, 7) is 2.27. The number of hydrogen-bond acceptors (Lipinski definition) is 4. The summed E-state index contributed by atoms with van der Waals surface area (Å²) in [6, 6.07) is 9.74. The van der Waals surface area contributed by atoms with Crippen molar-refractivity contribution in [1.82, 2.24) is 0 Å². The molecular formula is C18H13ClFNO4. The molecule has 0 atom stereocenters. The van der Waals surface area contributed by atoms with Gasteiger partial charge in [0, 0.05) is 22.5 Å². The zero-order valence-electron chi connectivity index (χ0n) is 13.1. The third-order valence-electron chi connectivity index (χ3n) is 3.45. The summed E-state index contributed by atoms with van der Waals surface area (Å²) in [5, 5.41) is 3.05. The molecular weight excluding hydrogens is 349 g/mol. The van der Waals surface area contributed by atoms with E-state index in [0.29, 0.717) is 17.7 Å². The molecule has 0 saturated carbocycles. The van der Waals surface area contributed by atoms with Gasteiger partial charge in [0.05, 0.1) is 17.9 Å².